The van der Waals surface area contributed by atoms with Gasteiger partial charge in [0.25, 0.3) is 0 Å². The highest BCUT2D eigenvalue weighted by atomic mass is 16.3. The first kappa shape index (κ1) is 7.22. The van der Waals surface area contributed by atoms with Crippen LogP contribution in [0.25, 0.3) is 0 Å². The Kier molecular flexibility index (Phi) is 2.02. The number of aliphatic hydroxyl groups is 1. The van der Waals surface area contributed by atoms with E-state index in [0.29, 0.717) is 12.0 Å². The fourth-order valence-corrected chi connectivity index (χ4v) is 0.900. The Balaban J connectivity index is 2.76. The molecule has 0 radical (unpaired) electrons. The van der Waals surface area contributed by atoms with Gasteiger partial charge in [0.1, 0.15) is 0 Å². The largest absolute Gasteiger partial charge is 0.389 e. The molecule has 0 unspecified atom stereocenters. The molecule has 2 heteroatoms. The molecule has 54 valence electrons. The Morgan fingerprint density at radius 1 is 1.80 bits per heavy atom. The van der Waals surface area contributed by atoms with Gasteiger partial charge < -0.3 is 5.11 Å². The first-order chi connectivity index (χ1) is 4.70. The van der Waals surface area contributed by atoms with Crippen LogP contribution in [0.3, 0.4) is 0 Å². The SMILES string of the molecule is CC(=O)C1=C[C@@H](O)CC=C1. The van der Waals surface area contributed by atoms with Crippen LogP contribution in [0.5, 0.6) is 0 Å². The van der Waals surface area contributed by atoms with Crippen molar-refractivity contribution in [1.82, 2.24) is 0 Å². The first-order valence-corrected chi connectivity index (χ1v) is 3.27. The van der Waals surface area contributed by atoms with Gasteiger partial charge in [-0.1, -0.05) is 12.2 Å². The van der Waals surface area contributed by atoms with Gasteiger partial charge in [-0.05, 0) is 19.4 Å². The van der Waals surface area contributed by atoms with Crippen molar-refractivity contribution < 1.29 is 9.90 Å². The van der Waals surface area contributed by atoms with Crippen LogP contribution in [0.15, 0.2) is 23.8 Å². The molecule has 2 nitrogen and oxygen atoms in total. The summed E-state index contributed by atoms with van der Waals surface area (Å²) in [5, 5.41) is 9.05. The average Bonchev–Trinajstić information content (AvgIpc) is 1.88. The van der Waals surface area contributed by atoms with E-state index in [1.54, 1.807) is 18.2 Å². The molecule has 0 bridgehead atoms. The fraction of sp³-hybridized carbons (Fsp3) is 0.375. The summed E-state index contributed by atoms with van der Waals surface area (Å²) in [7, 11) is 0. The Morgan fingerprint density at radius 2 is 2.50 bits per heavy atom. The van der Waals surface area contributed by atoms with E-state index in [2.05, 4.69) is 0 Å². The van der Waals surface area contributed by atoms with Crippen molar-refractivity contribution in [2.75, 3.05) is 0 Å². The topological polar surface area (TPSA) is 37.3 Å². The predicted molar refractivity (Wildman–Crippen MR) is 38.5 cm³/mol. The molecule has 0 spiro atoms. The second-order valence-corrected chi connectivity index (χ2v) is 2.38. The molecule has 10 heavy (non-hydrogen) atoms. The van der Waals surface area contributed by atoms with Crippen LogP contribution >= 0.6 is 0 Å². The lowest BCUT2D eigenvalue weighted by atomic mass is 10.0. The molecular weight excluding hydrogens is 128 g/mol. The normalized spacial score (nSPS) is 24.2. The van der Waals surface area contributed by atoms with Gasteiger partial charge in [0.2, 0.25) is 0 Å². The number of carbonyl (C=O) groups is 1. The van der Waals surface area contributed by atoms with Crippen LogP contribution in [0, 0.1) is 0 Å². The molecule has 1 rings (SSSR count). The van der Waals surface area contributed by atoms with Gasteiger partial charge >= 0.3 is 0 Å². The van der Waals surface area contributed by atoms with Crippen LogP contribution in [0.1, 0.15) is 13.3 Å². The minimum atomic E-state index is -0.469. The van der Waals surface area contributed by atoms with Gasteiger partial charge in [0.15, 0.2) is 5.78 Å². The maximum absolute atomic E-state index is 10.7. The zero-order chi connectivity index (χ0) is 7.56. The van der Waals surface area contributed by atoms with Crippen LogP contribution in [0.2, 0.25) is 0 Å². The number of rotatable bonds is 1. The summed E-state index contributed by atoms with van der Waals surface area (Å²) in [4.78, 5) is 10.7. The summed E-state index contributed by atoms with van der Waals surface area (Å²) in [5.74, 6) is 0.00926. The molecule has 0 aromatic heterocycles. The van der Waals surface area contributed by atoms with E-state index in [-0.39, 0.29) is 5.78 Å². The van der Waals surface area contributed by atoms with E-state index in [9.17, 15) is 4.79 Å². The minimum absolute atomic E-state index is 0.00926. The summed E-state index contributed by atoms with van der Waals surface area (Å²) in [6.07, 6.45) is 5.29. The standard InChI is InChI=1S/C8H10O2/c1-6(9)7-3-2-4-8(10)5-7/h2-3,5,8,10H,4H2,1H3/t8-/m0/s1. The lowest BCUT2D eigenvalue weighted by Gasteiger charge is -2.08. The molecule has 0 saturated heterocycles. The van der Waals surface area contributed by atoms with E-state index in [1.165, 1.54) is 6.92 Å². The molecule has 0 aromatic carbocycles. The van der Waals surface area contributed by atoms with Crippen molar-refractivity contribution in [1.29, 1.82) is 0 Å². The number of ketones is 1. The number of carbonyl (C=O) groups excluding carboxylic acids is 1. The molecular formula is C8H10O2. The summed E-state index contributed by atoms with van der Waals surface area (Å²) < 4.78 is 0. The molecule has 0 aromatic rings. The van der Waals surface area contributed by atoms with Crippen LogP contribution in [-0.2, 0) is 4.79 Å². The van der Waals surface area contributed by atoms with E-state index in [1.807, 2.05) is 0 Å². The van der Waals surface area contributed by atoms with E-state index in [4.69, 9.17) is 5.11 Å². The summed E-state index contributed by atoms with van der Waals surface area (Å²) >= 11 is 0. The molecule has 0 saturated carbocycles. The summed E-state index contributed by atoms with van der Waals surface area (Å²) in [6, 6.07) is 0. The van der Waals surface area contributed by atoms with E-state index in [0.717, 1.165) is 0 Å². The number of hydrogen-bond acceptors (Lipinski definition) is 2. The summed E-state index contributed by atoms with van der Waals surface area (Å²) in [5.41, 5.74) is 0.610. The monoisotopic (exact) mass is 138 g/mol. The Morgan fingerprint density at radius 3 is 2.90 bits per heavy atom. The maximum Gasteiger partial charge on any atom is 0.159 e. The fourth-order valence-electron chi connectivity index (χ4n) is 0.900. The zero-order valence-corrected chi connectivity index (χ0v) is 5.87. The van der Waals surface area contributed by atoms with Gasteiger partial charge in [-0.2, -0.15) is 0 Å². The second kappa shape index (κ2) is 2.80. The Hall–Kier alpha value is -0.890. The zero-order valence-electron chi connectivity index (χ0n) is 5.87. The third kappa shape index (κ3) is 1.54. The van der Waals surface area contributed by atoms with Crippen molar-refractivity contribution in [2.24, 2.45) is 0 Å². The molecule has 0 aliphatic heterocycles. The highest BCUT2D eigenvalue weighted by molar-refractivity contribution is 5.96. The van der Waals surface area contributed by atoms with Gasteiger partial charge in [-0.3, -0.25) is 4.79 Å². The molecule has 0 amide bonds. The quantitative estimate of drug-likeness (QED) is 0.582. The molecule has 1 aliphatic carbocycles. The van der Waals surface area contributed by atoms with Crippen molar-refractivity contribution in [2.45, 2.75) is 19.4 Å². The Labute approximate surface area is 59.9 Å². The van der Waals surface area contributed by atoms with Crippen LogP contribution < -0.4 is 0 Å². The van der Waals surface area contributed by atoms with Gasteiger partial charge in [-0.25, -0.2) is 0 Å². The highest BCUT2D eigenvalue weighted by Crippen LogP contribution is 2.10. The van der Waals surface area contributed by atoms with Crippen molar-refractivity contribution in [3.8, 4) is 0 Å². The van der Waals surface area contributed by atoms with Crippen molar-refractivity contribution >= 4 is 5.78 Å². The number of allylic oxidation sites excluding steroid dienone is 2. The lowest BCUT2D eigenvalue weighted by molar-refractivity contribution is -0.113. The highest BCUT2D eigenvalue weighted by Gasteiger charge is 2.07. The number of hydrogen-bond donors (Lipinski definition) is 1. The smallest absolute Gasteiger partial charge is 0.159 e. The Bertz CT molecular complexity index is 201. The predicted octanol–water partition coefficient (Wildman–Crippen LogP) is 0.823. The van der Waals surface area contributed by atoms with E-state index < -0.39 is 6.10 Å². The second-order valence-electron chi connectivity index (χ2n) is 2.38. The number of Topliss-reactive ketones (excluding diaryl/α,β-unsaturated/α-hetero) is 1. The van der Waals surface area contributed by atoms with Gasteiger partial charge in [-0.15, -0.1) is 0 Å². The van der Waals surface area contributed by atoms with Gasteiger partial charge in [0, 0.05) is 5.57 Å². The summed E-state index contributed by atoms with van der Waals surface area (Å²) in [6.45, 7) is 1.49. The lowest BCUT2D eigenvalue weighted by Crippen LogP contribution is -2.08. The maximum atomic E-state index is 10.7. The van der Waals surface area contributed by atoms with Crippen molar-refractivity contribution in [3.05, 3.63) is 23.8 Å². The molecule has 1 atom stereocenters. The molecule has 0 heterocycles. The number of aliphatic hydroxyl groups excluding tert-OH is 1. The van der Waals surface area contributed by atoms with Crippen molar-refractivity contribution in [3.63, 3.8) is 0 Å². The molecule has 1 N–H and O–H groups in total. The molecule has 0 fully saturated rings. The third-order valence-corrected chi connectivity index (χ3v) is 1.45. The molecule has 1 aliphatic rings. The van der Waals surface area contributed by atoms with E-state index >= 15 is 0 Å². The minimum Gasteiger partial charge on any atom is -0.389 e. The van der Waals surface area contributed by atoms with Crippen LogP contribution in [-0.4, -0.2) is 17.0 Å². The van der Waals surface area contributed by atoms with Gasteiger partial charge in [0.05, 0.1) is 6.10 Å². The van der Waals surface area contributed by atoms with Crippen LogP contribution in [0.4, 0.5) is 0 Å². The third-order valence-electron chi connectivity index (χ3n) is 1.45. The average molecular weight is 138 g/mol. The first-order valence-electron chi connectivity index (χ1n) is 3.27.